The summed E-state index contributed by atoms with van der Waals surface area (Å²) in [5.74, 6) is -0.616. The molecule has 0 saturated heterocycles. The summed E-state index contributed by atoms with van der Waals surface area (Å²) in [6, 6.07) is 16.7. The Labute approximate surface area is 190 Å². The Kier molecular flexibility index (Phi) is 8.53. The SMILES string of the molecule is CC(=O)Nc1nc(CCc2ccc(NC(=N)N)cc2)c(C(=O)Nc2ccccc2)s1.Cl. The minimum Gasteiger partial charge on any atom is -0.370 e. The van der Waals surface area contributed by atoms with Crippen molar-refractivity contribution < 1.29 is 9.59 Å². The van der Waals surface area contributed by atoms with Crippen molar-refractivity contribution in [3.05, 3.63) is 70.7 Å². The summed E-state index contributed by atoms with van der Waals surface area (Å²) in [5.41, 5.74) is 8.43. The number of aromatic nitrogens is 1. The van der Waals surface area contributed by atoms with Gasteiger partial charge >= 0.3 is 0 Å². The molecule has 0 aliphatic rings. The average molecular weight is 459 g/mol. The van der Waals surface area contributed by atoms with Crippen LogP contribution in [0, 0.1) is 5.41 Å². The van der Waals surface area contributed by atoms with Crippen LogP contribution in [0.3, 0.4) is 0 Å². The second-order valence-corrected chi connectivity index (χ2v) is 7.53. The number of rotatable bonds is 7. The number of nitrogens with zero attached hydrogens (tertiary/aromatic N) is 1. The predicted octanol–water partition coefficient (Wildman–Crippen LogP) is 3.87. The maximum atomic E-state index is 12.8. The first kappa shape index (κ1) is 23.8. The zero-order chi connectivity index (χ0) is 21.5. The van der Waals surface area contributed by atoms with Crippen LogP contribution in [0.15, 0.2) is 54.6 Å². The molecule has 0 saturated carbocycles. The van der Waals surface area contributed by atoms with Crippen LogP contribution in [0.5, 0.6) is 0 Å². The van der Waals surface area contributed by atoms with Gasteiger partial charge in [0.2, 0.25) is 5.91 Å². The zero-order valence-electron chi connectivity index (χ0n) is 16.8. The quantitative estimate of drug-likeness (QED) is 0.271. The van der Waals surface area contributed by atoms with E-state index in [0.717, 1.165) is 22.6 Å². The number of guanidine groups is 1. The van der Waals surface area contributed by atoms with Crippen LogP contribution in [0.2, 0.25) is 0 Å². The molecule has 1 aromatic heterocycles. The largest absolute Gasteiger partial charge is 0.370 e. The molecule has 0 atom stereocenters. The Balaban J connectivity index is 0.00000341. The summed E-state index contributed by atoms with van der Waals surface area (Å²) in [4.78, 5) is 29.1. The van der Waals surface area contributed by atoms with Crippen molar-refractivity contribution in [1.29, 1.82) is 5.41 Å². The summed E-state index contributed by atoms with van der Waals surface area (Å²) < 4.78 is 0. The van der Waals surface area contributed by atoms with E-state index in [4.69, 9.17) is 11.1 Å². The number of amides is 2. The number of thiazole rings is 1. The molecule has 3 aromatic rings. The van der Waals surface area contributed by atoms with E-state index in [1.54, 1.807) is 0 Å². The third-order valence-electron chi connectivity index (χ3n) is 4.10. The third kappa shape index (κ3) is 7.09. The fraction of sp³-hybridized carbons (Fsp3) is 0.143. The zero-order valence-corrected chi connectivity index (χ0v) is 18.4. The van der Waals surface area contributed by atoms with E-state index < -0.39 is 0 Å². The van der Waals surface area contributed by atoms with Crippen LogP contribution < -0.4 is 21.7 Å². The predicted molar refractivity (Wildman–Crippen MR) is 127 cm³/mol. The standard InChI is InChI=1S/C21H22N6O2S.ClH/c1-13(28)24-21-27-17(12-9-14-7-10-16(11-8-14)26-20(22)23)18(30-21)19(29)25-15-5-3-2-4-6-15;/h2-8,10-11H,9,12H2,1H3,(H,25,29)(H4,22,23,26)(H,24,27,28);1H. The Morgan fingerprint density at radius 3 is 2.23 bits per heavy atom. The molecule has 8 nitrogen and oxygen atoms in total. The average Bonchev–Trinajstić information content (AvgIpc) is 3.10. The monoisotopic (exact) mass is 458 g/mol. The van der Waals surface area contributed by atoms with Crippen molar-refractivity contribution >= 4 is 58.0 Å². The Bertz CT molecular complexity index is 1050. The van der Waals surface area contributed by atoms with Gasteiger partial charge in [0.25, 0.3) is 5.91 Å². The first-order valence-electron chi connectivity index (χ1n) is 9.24. The van der Waals surface area contributed by atoms with Crippen molar-refractivity contribution in [2.24, 2.45) is 5.73 Å². The molecule has 0 radical (unpaired) electrons. The smallest absolute Gasteiger partial charge is 0.267 e. The number of nitrogens with two attached hydrogens (primary N) is 1. The summed E-state index contributed by atoms with van der Waals surface area (Å²) in [5, 5.41) is 15.9. The minimum absolute atomic E-state index is 0. The lowest BCUT2D eigenvalue weighted by Crippen LogP contribution is -2.20. The highest BCUT2D eigenvalue weighted by atomic mass is 35.5. The van der Waals surface area contributed by atoms with Gasteiger partial charge in [-0.2, -0.15) is 0 Å². The van der Waals surface area contributed by atoms with E-state index in [2.05, 4.69) is 20.9 Å². The van der Waals surface area contributed by atoms with Crippen LogP contribution in [-0.2, 0) is 17.6 Å². The van der Waals surface area contributed by atoms with Gasteiger partial charge in [-0.25, -0.2) is 4.98 Å². The van der Waals surface area contributed by atoms with E-state index >= 15 is 0 Å². The lowest BCUT2D eigenvalue weighted by Gasteiger charge is -2.07. The topological polar surface area (TPSA) is 133 Å². The number of hydrogen-bond donors (Lipinski definition) is 5. The van der Waals surface area contributed by atoms with Crippen molar-refractivity contribution in [3.8, 4) is 0 Å². The van der Waals surface area contributed by atoms with Gasteiger partial charge in [-0.05, 0) is 42.7 Å². The molecule has 0 spiro atoms. The van der Waals surface area contributed by atoms with E-state index in [-0.39, 0.29) is 30.2 Å². The maximum Gasteiger partial charge on any atom is 0.267 e. The Hall–Kier alpha value is -3.43. The third-order valence-corrected chi connectivity index (χ3v) is 5.11. The van der Waals surface area contributed by atoms with Crippen molar-refractivity contribution in [2.75, 3.05) is 16.0 Å². The number of carbonyl (C=O) groups excluding carboxylic acids is 2. The molecule has 3 rings (SSSR count). The van der Waals surface area contributed by atoms with E-state index in [1.807, 2.05) is 54.6 Å². The first-order chi connectivity index (χ1) is 14.4. The number of halogens is 1. The highest BCUT2D eigenvalue weighted by molar-refractivity contribution is 7.17. The van der Waals surface area contributed by atoms with Crippen LogP contribution in [0.4, 0.5) is 16.5 Å². The molecule has 2 aromatic carbocycles. The Morgan fingerprint density at radius 1 is 0.968 bits per heavy atom. The summed E-state index contributed by atoms with van der Waals surface area (Å²) >= 11 is 1.16. The molecule has 10 heteroatoms. The van der Waals surface area contributed by atoms with Gasteiger partial charge in [0, 0.05) is 18.3 Å². The normalized spacial score (nSPS) is 9.97. The lowest BCUT2D eigenvalue weighted by atomic mass is 10.1. The molecule has 31 heavy (non-hydrogen) atoms. The molecule has 0 aliphatic carbocycles. The van der Waals surface area contributed by atoms with Crippen LogP contribution in [-0.4, -0.2) is 22.8 Å². The van der Waals surface area contributed by atoms with Gasteiger partial charge < -0.3 is 21.7 Å². The molecular weight excluding hydrogens is 436 g/mol. The summed E-state index contributed by atoms with van der Waals surface area (Å²) in [6.45, 7) is 1.40. The van der Waals surface area contributed by atoms with Gasteiger partial charge in [-0.1, -0.05) is 41.7 Å². The van der Waals surface area contributed by atoms with Crippen LogP contribution in [0.1, 0.15) is 27.9 Å². The van der Waals surface area contributed by atoms with E-state index in [9.17, 15) is 9.59 Å². The van der Waals surface area contributed by atoms with Crippen LogP contribution in [0.25, 0.3) is 0 Å². The first-order valence-corrected chi connectivity index (χ1v) is 10.1. The number of benzene rings is 2. The molecule has 0 fully saturated rings. The number of aryl methyl sites for hydroxylation is 2. The summed E-state index contributed by atoms with van der Waals surface area (Å²) in [6.07, 6.45) is 1.20. The molecular formula is C21H23ClN6O2S. The second kappa shape index (κ2) is 11.1. The molecule has 162 valence electrons. The maximum absolute atomic E-state index is 12.8. The second-order valence-electron chi connectivity index (χ2n) is 6.53. The molecule has 0 bridgehead atoms. The molecule has 0 aliphatic heterocycles. The number of nitrogens with one attached hydrogen (secondary N) is 4. The van der Waals surface area contributed by atoms with Crippen molar-refractivity contribution in [2.45, 2.75) is 19.8 Å². The molecule has 2 amide bonds. The highest BCUT2D eigenvalue weighted by Crippen LogP contribution is 2.26. The van der Waals surface area contributed by atoms with E-state index in [0.29, 0.717) is 34.2 Å². The van der Waals surface area contributed by atoms with Crippen LogP contribution >= 0.6 is 23.7 Å². The van der Waals surface area contributed by atoms with Gasteiger partial charge in [-0.3, -0.25) is 15.0 Å². The number of anilines is 3. The highest BCUT2D eigenvalue weighted by Gasteiger charge is 2.19. The minimum atomic E-state index is -0.258. The van der Waals surface area contributed by atoms with Crippen molar-refractivity contribution in [3.63, 3.8) is 0 Å². The van der Waals surface area contributed by atoms with Crippen molar-refractivity contribution in [1.82, 2.24) is 4.98 Å². The number of hydrogen-bond acceptors (Lipinski definition) is 5. The van der Waals surface area contributed by atoms with Gasteiger partial charge in [0.15, 0.2) is 11.1 Å². The number of para-hydroxylation sites is 1. The molecule has 6 N–H and O–H groups in total. The summed E-state index contributed by atoms with van der Waals surface area (Å²) in [7, 11) is 0. The Morgan fingerprint density at radius 2 is 1.61 bits per heavy atom. The van der Waals surface area contributed by atoms with E-state index in [1.165, 1.54) is 6.92 Å². The lowest BCUT2D eigenvalue weighted by molar-refractivity contribution is -0.114. The fourth-order valence-corrected chi connectivity index (χ4v) is 3.74. The molecule has 1 heterocycles. The van der Waals surface area contributed by atoms with Gasteiger partial charge in [0.1, 0.15) is 4.88 Å². The van der Waals surface area contributed by atoms with Gasteiger partial charge in [-0.15, -0.1) is 12.4 Å². The fourth-order valence-electron chi connectivity index (χ4n) is 2.78. The van der Waals surface area contributed by atoms with Gasteiger partial charge in [0.05, 0.1) is 5.69 Å². The molecule has 0 unspecified atom stereocenters. The number of carbonyl (C=O) groups is 2.